The van der Waals surface area contributed by atoms with E-state index in [0.29, 0.717) is 24.1 Å². The fourth-order valence-electron chi connectivity index (χ4n) is 1.85. The van der Waals surface area contributed by atoms with Gasteiger partial charge in [0.2, 0.25) is 0 Å². The Morgan fingerprint density at radius 3 is 2.21 bits per heavy atom. The van der Waals surface area contributed by atoms with Crippen LogP contribution in [0.4, 0.5) is 8.78 Å². The molecule has 0 radical (unpaired) electrons. The van der Waals surface area contributed by atoms with E-state index in [4.69, 9.17) is 5.73 Å². The Balaban J connectivity index is 0.00000180. The lowest BCUT2D eigenvalue weighted by molar-refractivity contribution is 0.477. The van der Waals surface area contributed by atoms with Crippen molar-refractivity contribution in [3.63, 3.8) is 0 Å². The standard InChI is InChI=1S/C14H13F2NO.ClH/c15-11-6-10(7-12(16)8-11)13-5-9(3-4-17)1-2-14(13)18;/h1-2,5-8,18H,3-4,17H2;1H. The third-order valence-electron chi connectivity index (χ3n) is 2.67. The van der Waals surface area contributed by atoms with Crippen LogP contribution in [0.3, 0.4) is 0 Å². The molecule has 2 rings (SSSR count). The SMILES string of the molecule is Cl.NCCc1ccc(O)c(-c2cc(F)cc(F)c2)c1. The molecule has 19 heavy (non-hydrogen) atoms. The summed E-state index contributed by atoms with van der Waals surface area (Å²) >= 11 is 0. The summed E-state index contributed by atoms with van der Waals surface area (Å²) in [5.41, 5.74) is 7.08. The number of phenolic OH excluding ortho intramolecular Hbond substituents is 1. The summed E-state index contributed by atoms with van der Waals surface area (Å²) in [4.78, 5) is 0. The molecule has 0 aromatic heterocycles. The molecule has 0 unspecified atom stereocenters. The molecule has 2 aromatic carbocycles. The van der Waals surface area contributed by atoms with Crippen molar-refractivity contribution in [2.45, 2.75) is 6.42 Å². The summed E-state index contributed by atoms with van der Waals surface area (Å²) in [7, 11) is 0. The molecular weight excluding hydrogens is 272 g/mol. The molecular formula is C14H14ClF2NO. The molecule has 0 heterocycles. The van der Waals surface area contributed by atoms with E-state index in [1.54, 1.807) is 12.1 Å². The van der Waals surface area contributed by atoms with Gasteiger partial charge in [-0.15, -0.1) is 12.4 Å². The van der Waals surface area contributed by atoms with E-state index in [2.05, 4.69) is 0 Å². The van der Waals surface area contributed by atoms with Crippen molar-refractivity contribution >= 4 is 12.4 Å². The average molecular weight is 286 g/mol. The Morgan fingerprint density at radius 1 is 1.00 bits per heavy atom. The number of hydrogen-bond donors (Lipinski definition) is 2. The number of benzene rings is 2. The molecule has 0 saturated heterocycles. The van der Waals surface area contributed by atoms with E-state index in [-0.39, 0.29) is 18.2 Å². The van der Waals surface area contributed by atoms with Crippen LogP contribution in [0, 0.1) is 11.6 Å². The zero-order chi connectivity index (χ0) is 13.1. The maximum absolute atomic E-state index is 13.2. The third-order valence-corrected chi connectivity index (χ3v) is 2.67. The van der Waals surface area contributed by atoms with Gasteiger partial charge in [-0.3, -0.25) is 0 Å². The van der Waals surface area contributed by atoms with E-state index in [1.807, 2.05) is 0 Å². The lowest BCUT2D eigenvalue weighted by Crippen LogP contribution is -2.02. The lowest BCUT2D eigenvalue weighted by atomic mass is 10.0. The van der Waals surface area contributed by atoms with Gasteiger partial charge < -0.3 is 10.8 Å². The first-order chi connectivity index (χ1) is 8.60. The van der Waals surface area contributed by atoms with Gasteiger partial charge >= 0.3 is 0 Å². The summed E-state index contributed by atoms with van der Waals surface area (Å²) in [5, 5.41) is 9.76. The number of nitrogens with two attached hydrogens (primary N) is 1. The Morgan fingerprint density at radius 2 is 1.63 bits per heavy atom. The Hall–Kier alpha value is -1.65. The molecule has 0 aliphatic heterocycles. The first-order valence-electron chi connectivity index (χ1n) is 5.58. The minimum Gasteiger partial charge on any atom is -0.507 e. The highest BCUT2D eigenvalue weighted by Gasteiger charge is 2.08. The topological polar surface area (TPSA) is 46.2 Å². The van der Waals surface area contributed by atoms with Gasteiger partial charge in [-0.25, -0.2) is 8.78 Å². The second-order valence-electron chi connectivity index (χ2n) is 4.05. The number of rotatable bonds is 3. The smallest absolute Gasteiger partial charge is 0.126 e. The van der Waals surface area contributed by atoms with Gasteiger partial charge in [0, 0.05) is 11.6 Å². The summed E-state index contributed by atoms with van der Waals surface area (Å²) in [6.07, 6.45) is 0.644. The van der Waals surface area contributed by atoms with Crippen LogP contribution < -0.4 is 5.73 Å². The van der Waals surface area contributed by atoms with Crippen molar-refractivity contribution in [1.82, 2.24) is 0 Å². The van der Waals surface area contributed by atoms with Crippen LogP contribution in [0.5, 0.6) is 5.75 Å². The molecule has 0 aliphatic rings. The molecule has 2 aromatic rings. The molecule has 0 fully saturated rings. The lowest BCUT2D eigenvalue weighted by Gasteiger charge is -2.08. The van der Waals surface area contributed by atoms with E-state index in [0.717, 1.165) is 11.6 Å². The predicted octanol–water partition coefficient (Wildman–Crippen LogP) is 3.26. The summed E-state index contributed by atoms with van der Waals surface area (Å²) < 4.78 is 26.3. The van der Waals surface area contributed by atoms with Crippen LogP contribution in [-0.2, 0) is 6.42 Å². The predicted molar refractivity (Wildman–Crippen MR) is 73.5 cm³/mol. The van der Waals surface area contributed by atoms with Crippen LogP contribution in [0.1, 0.15) is 5.56 Å². The van der Waals surface area contributed by atoms with E-state index < -0.39 is 11.6 Å². The summed E-state index contributed by atoms with van der Waals surface area (Å²) in [5.74, 6) is -1.36. The normalized spacial score (nSPS) is 10.1. The van der Waals surface area contributed by atoms with E-state index in [9.17, 15) is 13.9 Å². The molecule has 5 heteroatoms. The minimum atomic E-state index is -0.673. The fraction of sp³-hybridized carbons (Fsp3) is 0.143. The van der Waals surface area contributed by atoms with Gasteiger partial charge in [0.15, 0.2) is 0 Å². The van der Waals surface area contributed by atoms with Crippen LogP contribution in [0.2, 0.25) is 0 Å². The van der Waals surface area contributed by atoms with Gasteiger partial charge in [0.1, 0.15) is 17.4 Å². The highest BCUT2D eigenvalue weighted by atomic mass is 35.5. The second-order valence-corrected chi connectivity index (χ2v) is 4.05. The maximum atomic E-state index is 13.2. The van der Waals surface area contributed by atoms with E-state index in [1.165, 1.54) is 18.2 Å². The highest BCUT2D eigenvalue weighted by Crippen LogP contribution is 2.31. The Labute approximate surface area is 116 Å². The minimum absolute atomic E-state index is 0. The van der Waals surface area contributed by atoms with Crippen LogP contribution in [-0.4, -0.2) is 11.7 Å². The van der Waals surface area contributed by atoms with Gasteiger partial charge in [-0.05, 0) is 48.4 Å². The largest absolute Gasteiger partial charge is 0.507 e. The molecule has 3 N–H and O–H groups in total. The van der Waals surface area contributed by atoms with Gasteiger partial charge in [0.05, 0.1) is 0 Å². The second kappa shape index (κ2) is 6.50. The number of phenols is 1. The zero-order valence-corrected chi connectivity index (χ0v) is 10.9. The number of hydrogen-bond acceptors (Lipinski definition) is 2. The molecule has 102 valence electrons. The fourth-order valence-corrected chi connectivity index (χ4v) is 1.85. The Bertz CT molecular complexity index is 555. The molecule has 2 nitrogen and oxygen atoms in total. The molecule has 0 amide bonds. The van der Waals surface area contributed by atoms with E-state index >= 15 is 0 Å². The van der Waals surface area contributed by atoms with Gasteiger partial charge in [-0.2, -0.15) is 0 Å². The van der Waals surface area contributed by atoms with Crippen LogP contribution >= 0.6 is 12.4 Å². The number of aromatic hydroxyl groups is 1. The maximum Gasteiger partial charge on any atom is 0.126 e. The summed E-state index contributed by atoms with van der Waals surface area (Å²) in [6.45, 7) is 0.474. The molecule has 0 spiro atoms. The first-order valence-corrected chi connectivity index (χ1v) is 5.58. The van der Waals surface area contributed by atoms with Crippen LogP contribution in [0.15, 0.2) is 36.4 Å². The summed E-state index contributed by atoms with van der Waals surface area (Å²) in [6, 6.07) is 8.10. The molecule has 0 saturated carbocycles. The quantitative estimate of drug-likeness (QED) is 0.909. The monoisotopic (exact) mass is 285 g/mol. The highest BCUT2D eigenvalue weighted by molar-refractivity contribution is 5.85. The van der Waals surface area contributed by atoms with Gasteiger partial charge in [-0.1, -0.05) is 6.07 Å². The van der Waals surface area contributed by atoms with Gasteiger partial charge in [0.25, 0.3) is 0 Å². The molecule has 0 atom stereocenters. The van der Waals surface area contributed by atoms with Crippen molar-refractivity contribution in [1.29, 1.82) is 0 Å². The zero-order valence-electron chi connectivity index (χ0n) is 10.1. The van der Waals surface area contributed by atoms with Crippen molar-refractivity contribution < 1.29 is 13.9 Å². The third kappa shape index (κ3) is 3.66. The van der Waals surface area contributed by atoms with Crippen LogP contribution in [0.25, 0.3) is 11.1 Å². The molecule has 0 aliphatic carbocycles. The van der Waals surface area contributed by atoms with Crippen molar-refractivity contribution in [3.05, 3.63) is 53.6 Å². The van der Waals surface area contributed by atoms with Crippen molar-refractivity contribution in [2.75, 3.05) is 6.54 Å². The average Bonchev–Trinajstić information content (AvgIpc) is 2.30. The van der Waals surface area contributed by atoms with Crippen molar-refractivity contribution in [2.24, 2.45) is 5.73 Å². The first kappa shape index (κ1) is 15.4. The molecule has 0 bridgehead atoms. The Kier molecular flexibility index (Phi) is 5.27. The number of halogens is 3. The van der Waals surface area contributed by atoms with Crippen molar-refractivity contribution in [3.8, 4) is 16.9 Å².